The number of anilines is 3. The van der Waals surface area contributed by atoms with E-state index in [2.05, 4.69) is 114 Å². The fourth-order valence-corrected chi connectivity index (χ4v) is 14.6. The van der Waals surface area contributed by atoms with Gasteiger partial charge in [-0.2, -0.15) is 0 Å². The van der Waals surface area contributed by atoms with Crippen molar-refractivity contribution in [3.05, 3.63) is 175 Å². The van der Waals surface area contributed by atoms with Gasteiger partial charge in [-0.1, -0.05) is 160 Å². The molecule has 2 aliphatic heterocycles. The van der Waals surface area contributed by atoms with Gasteiger partial charge in [-0.25, -0.2) is 0 Å². The first-order valence-corrected chi connectivity index (χ1v) is 28.3. The first-order chi connectivity index (χ1) is 34.6. The van der Waals surface area contributed by atoms with Crippen LogP contribution >= 0.6 is 35.3 Å². The van der Waals surface area contributed by atoms with Gasteiger partial charge < -0.3 is 23.5 Å². The number of nitrogens with zero attached hydrogens (tertiary/aromatic N) is 3. The molecule has 366 valence electrons. The Morgan fingerprint density at radius 3 is 2.10 bits per heavy atom. The number of carbonyl (C=O) groups excluding carboxylic acids is 2. The van der Waals surface area contributed by atoms with Crippen LogP contribution in [0, 0.1) is 0 Å². The van der Waals surface area contributed by atoms with Crippen LogP contribution in [0.2, 0.25) is 0 Å². The van der Waals surface area contributed by atoms with Crippen LogP contribution < -0.4 is 30.2 Å². The van der Waals surface area contributed by atoms with Gasteiger partial charge in [-0.3, -0.25) is 23.9 Å². The first kappa shape index (κ1) is 50.2. The van der Waals surface area contributed by atoms with Crippen LogP contribution in [0.5, 0.6) is 0 Å². The molecule has 1 aliphatic carbocycles. The Hall–Kier alpha value is -5.71. The van der Waals surface area contributed by atoms with E-state index in [9.17, 15) is 14.4 Å². The second-order valence-corrected chi connectivity index (χ2v) is 23.8. The van der Waals surface area contributed by atoms with E-state index in [0.29, 0.717) is 42.6 Å². The van der Waals surface area contributed by atoms with Crippen LogP contribution in [0.25, 0.3) is 22.6 Å². The predicted octanol–water partition coefficient (Wildman–Crippen LogP) is 10.2. The summed E-state index contributed by atoms with van der Waals surface area (Å²) in [6.45, 7) is 2.41. The maximum atomic E-state index is 14.6. The molecule has 2 atom stereocenters. The van der Waals surface area contributed by atoms with Gasteiger partial charge in [0.2, 0.25) is 5.91 Å². The minimum Gasteiger partial charge on any atom is -0.373 e. The van der Waals surface area contributed by atoms with Gasteiger partial charge >= 0.3 is 8.80 Å². The Morgan fingerprint density at radius 2 is 1.44 bits per heavy atom. The van der Waals surface area contributed by atoms with Gasteiger partial charge in [-0.05, 0) is 101 Å². The summed E-state index contributed by atoms with van der Waals surface area (Å²) in [5, 5.41) is 3.67. The Labute approximate surface area is 431 Å². The second kappa shape index (κ2) is 22.8. The predicted molar refractivity (Wildman–Crippen MR) is 297 cm³/mol. The van der Waals surface area contributed by atoms with Crippen molar-refractivity contribution in [2.24, 2.45) is 0 Å². The van der Waals surface area contributed by atoms with Crippen molar-refractivity contribution in [3.8, 4) is 0 Å². The highest BCUT2D eigenvalue weighted by molar-refractivity contribution is 8.30. The number of unbranched alkanes of at least 4 members (excludes halogenated alkanes) is 5. The molecule has 1 saturated carbocycles. The number of thiocarbonyl (C=S) groups is 1. The SMILES string of the molecule is CCCCCCCCN1C(=O)/C(=c2\s/c(=C/c3ccc4c(c3)C3CCCC3N4c3ccc(C=C(c4ccccc4)c4ccccc4)cc3)c(=O)n2CC(=O)Nc2ccc([Si](OC)(OC)OC)cc2)SC1=S. The summed E-state index contributed by atoms with van der Waals surface area (Å²) in [4.78, 5) is 47.2. The molecule has 6 aromatic rings. The number of fused-ring (bicyclic) bond motifs is 3. The van der Waals surface area contributed by atoms with E-state index in [4.69, 9.17) is 25.5 Å². The lowest BCUT2D eigenvalue weighted by Crippen LogP contribution is -2.54. The largest absolute Gasteiger partial charge is 0.536 e. The Bertz CT molecular complexity index is 3050. The molecule has 0 bridgehead atoms. The van der Waals surface area contributed by atoms with Crippen LogP contribution in [0.1, 0.15) is 98.4 Å². The summed E-state index contributed by atoms with van der Waals surface area (Å²) in [5.41, 5.74) is 9.34. The van der Waals surface area contributed by atoms with E-state index >= 15 is 0 Å². The summed E-state index contributed by atoms with van der Waals surface area (Å²) in [7, 11) is 1.54. The molecular weight excluding hydrogens is 961 g/mol. The van der Waals surface area contributed by atoms with E-state index in [1.807, 2.05) is 18.2 Å². The number of amides is 2. The molecule has 1 N–H and O–H groups in total. The number of nitrogens with one attached hydrogen (secondary N) is 1. The van der Waals surface area contributed by atoms with E-state index in [1.54, 1.807) is 50.5 Å². The maximum absolute atomic E-state index is 14.6. The third kappa shape index (κ3) is 10.8. The first-order valence-electron chi connectivity index (χ1n) is 24.6. The van der Waals surface area contributed by atoms with Gasteiger partial charge in [0.15, 0.2) is 0 Å². The minimum absolute atomic E-state index is 0.227. The fraction of sp³-hybridized carbons (Fsp3) is 0.298. The van der Waals surface area contributed by atoms with Gasteiger partial charge in [0.25, 0.3) is 11.5 Å². The van der Waals surface area contributed by atoms with E-state index in [0.717, 1.165) is 60.5 Å². The molecule has 14 heteroatoms. The topological polar surface area (TPSA) is 102 Å². The van der Waals surface area contributed by atoms with Gasteiger partial charge in [-0.15, -0.1) is 11.3 Å². The molecule has 2 fully saturated rings. The van der Waals surface area contributed by atoms with Crippen molar-refractivity contribution in [2.45, 2.75) is 83.2 Å². The summed E-state index contributed by atoms with van der Waals surface area (Å²) in [6.07, 6.45) is 14.0. The Morgan fingerprint density at radius 1 is 0.789 bits per heavy atom. The number of aromatic nitrogens is 1. The average molecular weight is 1020 g/mol. The van der Waals surface area contributed by atoms with E-state index in [1.165, 1.54) is 74.9 Å². The number of thiazole rings is 1. The van der Waals surface area contributed by atoms with Crippen LogP contribution in [0.4, 0.5) is 17.1 Å². The molecule has 2 unspecified atom stereocenters. The van der Waals surface area contributed by atoms with Gasteiger partial charge in [0, 0.05) is 62.1 Å². The summed E-state index contributed by atoms with van der Waals surface area (Å²) < 4.78 is 19.6. The smallest absolute Gasteiger partial charge is 0.373 e. The fourth-order valence-electron chi connectivity index (χ4n) is 10.2. The van der Waals surface area contributed by atoms with Crippen molar-refractivity contribution < 1.29 is 22.9 Å². The lowest BCUT2D eigenvalue weighted by Gasteiger charge is -2.27. The van der Waals surface area contributed by atoms with Crippen LogP contribution in [0.3, 0.4) is 0 Å². The molecular formula is C57H60N4O6S3Si. The molecule has 0 radical (unpaired) electrons. The minimum atomic E-state index is -3.08. The second-order valence-electron chi connectivity index (χ2n) is 18.2. The van der Waals surface area contributed by atoms with Crippen LogP contribution in [-0.2, 0) is 29.4 Å². The van der Waals surface area contributed by atoms with E-state index < -0.39 is 14.7 Å². The summed E-state index contributed by atoms with van der Waals surface area (Å²) >= 11 is 8.21. The number of thioether (sulfide) groups is 1. The highest BCUT2D eigenvalue weighted by Crippen LogP contribution is 2.52. The number of hydrogen-bond acceptors (Lipinski definition) is 10. The van der Waals surface area contributed by atoms with Crippen LogP contribution in [0.15, 0.2) is 132 Å². The van der Waals surface area contributed by atoms with Crippen molar-refractivity contribution in [3.63, 3.8) is 0 Å². The molecule has 10 nitrogen and oxygen atoms in total. The lowest BCUT2D eigenvalue weighted by molar-refractivity contribution is -0.121. The van der Waals surface area contributed by atoms with Crippen molar-refractivity contribution in [1.82, 2.24) is 9.47 Å². The van der Waals surface area contributed by atoms with Crippen molar-refractivity contribution in [2.75, 3.05) is 38.1 Å². The number of rotatable bonds is 19. The highest BCUT2D eigenvalue weighted by atomic mass is 32.2. The molecule has 1 saturated heterocycles. The Balaban J connectivity index is 1.02. The molecule has 1 aromatic heterocycles. The third-order valence-electron chi connectivity index (χ3n) is 13.8. The normalized spacial score (nSPS) is 17.5. The maximum Gasteiger partial charge on any atom is 0.536 e. The molecule has 71 heavy (non-hydrogen) atoms. The van der Waals surface area contributed by atoms with Crippen molar-refractivity contribution >= 4 is 105 Å². The lowest BCUT2D eigenvalue weighted by atomic mass is 9.95. The van der Waals surface area contributed by atoms with Gasteiger partial charge in [0.05, 0.1) is 4.53 Å². The average Bonchev–Trinajstić information content (AvgIpc) is 4.15. The molecule has 3 aliphatic rings. The molecule has 0 spiro atoms. The zero-order chi connectivity index (χ0) is 49.5. The highest BCUT2D eigenvalue weighted by Gasteiger charge is 2.43. The molecule has 2 amide bonds. The zero-order valence-electron chi connectivity index (χ0n) is 40.7. The number of carbonyl (C=O) groups is 2. The zero-order valence-corrected chi connectivity index (χ0v) is 44.2. The Kier molecular flexibility index (Phi) is 16.1. The molecule has 9 rings (SSSR count). The standard InChI is InChI=1S/C57H60N4O6S3Si/c1-5-6-7-8-9-16-34-59-55(64)53(70-57(59)68)56-60(38-52(62)58-43-27-31-45(32-28-43)71(65-2,66-3)67-4)54(63)51(69-56)37-40-26-33-50-48(36-40)46-22-17-23-49(46)61(50)44-29-24-39(25-30-44)35-47(41-18-12-10-13-19-41)42-20-14-11-15-21-42/h10-15,18-21,24-33,35-37,46,49H,5-9,16-17,22-23,34,38H2,1-4H3,(H,58,62)/b51-37+,56-53+. The monoisotopic (exact) mass is 1020 g/mol. The van der Waals surface area contributed by atoms with Gasteiger partial charge in [0.1, 0.15) is 20.4 Å². The molecule has 3 heterocycles. The van der Waals surface area contributed by atoms with E-state index in [-0.39, 0.29) is 18.0 Å². The summed E-state index contributed by atoms with van der Waals surface area (Å²) in [6, 6.07) is 43.9. The third-order valence-corrected chi connectivity index (χ3v) is 19.1. The number of benzene rings is 5. The van der Waals surface area contributed by atoms with Crippen molar-refractivity contribution in [1.29, 1.82) is 0 Å². The quantitative estimate of drug-likeness (QED) is 0.0368. The summed E-state index contributed by atoms with van der Waals surface area (Å²) in [5.74, 6) is -0.286. The molecule has 5 aromatic carbocycles. The van der Waals surface area contributed by atoms with Crippen LogP contribution in [-0.4, -0.2) is 68.3 Å². The number of hydrogen-bond donors (Lipinski definition) is 1.